The molecule has 0 aromatic rings. The second-order valence-electron chi connectivity index (χ2n) is 5.15. The molecule has 100 valence electrons. The van der Waals surface area contributed by atoms with Crippen LogP contribution in [0.5, 0.6) is 0 Å². The van der Waals surface area contributed by atoms with E-state index in [1.807, 2.05) is 13.8 Å². The molecule has 0 aliphatic carbocycles. The fraction of sp³-hybridized carbons (Fsp3) is 0.917. The minimum absolute atomic E-state index is 0.00505. The van der Waals surface area contributed by atoms with E-state index in [0.29, 0.717) is 12.5 Å². The van der Waals surface area contributed by atoms with Crippen LogP contribution in [0.4, 0.5) is 4.79 Å². The van der Waals surface area contributed by atoms with Crippen LogP contribution in [0.25, 0.3) is 0 Å². The van der Waals surface area contributed by atoms with Gasteiger partial charge in [0, 0.05) is 18.6 Å². The van der Waals surface area contributed by atoms with E-state index in [1.165, 1.54) is 0 Å². The van der Waals surface area contributed by atoms with Crippen LogP contribution in [0.1, 0.15) is 33.1 Å². The number of ether oxygens (including phenoxy) is 1. The van der Waals surface area contributed by atoms with Crippen LogP contribution < -0.4 is 5.73 Å². The average molecular weight is 244 g/mol. The van der Waals surface area contributed by atoms with Crippen molar-refractivity contribution >= 4 is 6.09 Å². The Morgan fingerprint density at radius 3 is 2.59 bits per heavy atom. The summed E-state index contributed by atoms with van der Waals surface area (Å²) in [4.78, 5) is 13.2. The van der Waals surface area contributed by atoms with Gasteiger partial charge >= 0.3 is 6.09 Å². The van der Waals surface area contributed by atoms with Crippen molar-refractivity contribution in [3.05, 3.63) is 0 Å². The highest BCUT2D eigenvalue weighted by molar-refractivity contribution is 5.67. The molecule has 17 heavy (non-hydrogen) atoms. The Bertz CT molecular complexity index is 248. The Morgan fingerprint density at radius 1 is 1.53 bits per heavy atom. The average Bonchev–Trinajstić information content (AvgIpc) is 2.30. The molecule has 1 rings (SSSR count). The number of piperidine rings is 1. The number of rotatable bonds is 4. The van der Waals surface area contributed by atoms with E-state index in [1.54, 1.807) is 4.90 Å². The highest BCUT2D eigenvalue weighted by atomic mass is 16.6. The van der Waals surface area contributed by atoms with Crippen molar-refractivity contribution in [1.29, 1.82) is 0 Å². The van der Waals surface area contributed by atoms with Crippen LogP contribution >= 0.6 is 0 Å². The summed E-state index contributed by atoms with van der Waals surface area (Å²) in [6.45, 7) is 5.56. The lowest BCUT2D eigenvalue weighted by atomic mass is 9.84. The Labute approximate surface area is 103 Å². The summed E-state index contributed by atoms with van der Waals surface area (Å²) in [6.07, 6.45) is 2.46. The summed E-state index contributed by atoms with van der Waals surface area (Å²) in [5.41, 5.74) is 5.43. The van der Waals surface area contributed by atoms with Crippen LogP contribution in [0.3, 0.4) is 0 Å². The minimum atomic E-state index is -0.503. The maximum atomic E-state index is 11.5. The molecule has 1 aliphatic rings. The van der Waals surface area contributed by atoms with Gasteiger partial charge in [-0.3, -0.25) is 0 Å². The van der Waals surface area contributed by atoms with Crippen molar-refractivity contribution in [3.8, 4) is 0 Å². The molecule has 1 saturated heterocycles. The molecule has 0 aromatic carbocycles. The largest absolute Gasteiger partial charge is 0.450 e. The molecule has 0 spiro atoms. The summed E-state index contributed by atoms with van der Waals surface area (Å²) in [6, 6.07) is 0. The Balaban J connectivity index is 2.33. The summed E-state index contributed by atoms with van der Waals surface area (Å²) in [5, 5.41) is 9.13. The number of nitrogens with two attached hydrogens (primary N) is 1. The Morgan fingerprint density at radius 2 is 2.12 bits per heavy atom. The van der Waals surface area contributed by atoms with E-state index >= 15 is 0 Å². The van der Waals surface area contributed by atoms with E-state index in [0.717, 1.165) is 32.4 Å². The number of aliphatic hydroxyl groups is 1. The van der Waals surface area contributed by atoms with E-state index in [-0.39, 0.29) is 12.7 Å². The van der Waals surface area contributed by atoms with Gasteiger partial charge < -0.3 is 20.5 Å². The first-order chi connectivity index (χ1) is 7.98. The van der Waals surface area contributed by atoms with Crippen molar-refractivity contribution in [2.24, 2.45) is 11.7 Å². The lowest BCUT2D eigenvalue weighted by molar-refractivity contribution is 0.0850. The first-order valence-corrected chi connectivity index (χ1v) is 6.30. The summed E-state index contributed by atoms with van der Waals surface area (Å²) in [5.74, 6) is 0.489. The van der Waals surface area contributed by atoms with Crippen molar-refractivity contribution in [1.82, 2.24) is 4.90 Å². The fourth-order valence-electron chi connectivity index (χ4n) is 2.26. The molecule has 1 atom stereocenters. The first-order valence-electron chi connectivity index (χ1n) is 6.30. The van der Waals surface area contributed by atoms with Gasteiger partial charge in [0.25, 0.3) is 0 Å². The number of likely N-dealkylation sites (tertiary alicyclic amines) is 1. The lowest BCUT2D eigenvalue weighted by Crippen LogP contribution is -2.45. The highest BCUT2D eigenvalue weighted by Gasteiger charge is 2.28. The summed E-state index contributed by atoms with van der Waals surface area (Å²) >= 11 is 0. The van der Waals surface area contributed by atoms with Crippen molar-refractivity contribution in [3.63, 3.8) is 0 Å². The van der Waals surface area contributed by atoms with Crippen molar-refractivity contribution < 1.29 is 14.6 Å². The number of aliphatic hydroxyl groups excluding tert-OH is 1. The normalized spacial score (nSPS) is 21.1. The monoisotopic (exact) mass is 244 g/mol. The molecule has 1 fully saturated rings. The van der Waals surface area contributed by atoms with Crippen molar-refractivity contribution in [2.45, 2.75) is 38.6 Å². The number of hydrogen-bond donors (Lipinski definition) is 2. The van der Waals surface area contributed by atoms with Crippen LogP contribution in [0.15, 0.2) is 0 Å². The smallest absolute Gasteiger partial charge is 0.409 e. The molecule has 0 saturated carbocycles. The zero-order chi connectivity index (χ0) is 12.9. The number of hydrogen-bond acceptors (Lipinski definition) is 4. The van der Waals surface area contributed by atoms with Gasteiger partial charge in [0.15, 0.2) is 0 Å². The van der Waals surface area contributed by atoms with Crippen LogP contribution in [0.2, 0.25) is 0 Å². The zero-order valence-electron chi connectivity index (χ0n) is 10.8. The maximum Gasteiger partial charge on any atom is 0.409 e. The van der Waals surface area contributed by atoms with Crippen molar-refractivity contribution in [2.75, 3.05) is 26.3 Å². The number of amides is 1. The highest BCUT2D eigenvalue weighted by Crippen LogP contribution is 2.25. The van der Waals surface area contributed by atoms with Gasteiger partial charge in [-0.2, -0.15) is 0 Å². The predicted octanol–water partition coefficient (Wildman–Crippen LogP) is 0.955. The van der Waals surface area contributed by atoms with E-state index < -0.39 is 5.54 Å². The summed E-state index contributed by atoms with van der Waals surface area (Å²) in [7, 11) is 0. The molecule has 3 N–H and O–H groups in total. The first kappa shape index (κ1) is 14.3. The molecule has 0 bridgehead atoms. The molecule has 1 unspecified atom stereocenters. The molecule has 5 heteroatoms. The van der Waals surface area contributed by atoms with Gasteiger partial charge in [-0.25, -0.2) is 4.79 Å². The quantitative estimate of drug-likeness (QED) is 0.772. The lowest BCUT2D eigenvalue weighted by Gasteiger charge is -2.34. The van der Waals surface area contributed by atoms with Gasteiger partial charge in [0.2, 0.25) is 0 Å². The van der Waals surface area contributed by atoms with Crippen LogP contribution in [-0.2, 0) is 4.74 Å². The molecular weight excluding hydrogens is 220 g/mol. The van der Waals surface area contributed by atoms with E-state index in [9.17, 15) is 4.79 Å². The van der Waals surface area contributed by atoms with Crippen LogP contribution in [-0.4, -0.2) is 47.9 Å². The van der Waals surface area contributed by atoms with E-state index in [4.69, 9.17) is 15.6 Å². The SMILES string of the molecule is CCOC(=O)N1CCC(CC(C)(N)CO)CC1. The molecule has 1 aliphatic heterocycles. The molecule has 1 amide bonds. The second-order valence-corrected chi connectivity index (χ2v) is 5.15. The number of carbonyl (C=O) groups excluding carboxylic acids is 1. The fourth-order valence-corrected chi connectivity index (χ4v) is 2.26. The summed E-state index contributed by atoms with van der Waals surface area (Å²) < 4.78 is 4.96. The van der Waals surface area contributed by atoms with Gasteiger partial charge in [-0.1, -0.05) is 0 Å². The third kappa shape index (κ3) is 4.52. The number of carbonyl (C=O) groups is 1. The second kappa shape index (κ2) is 6.21. The minimum Gasteiger partial charge on any atom is -0.450 e. The zero-order valence-corrected chi connectivity index (χ0v) is 10.8. The molecule has 0 radical (unpaired) electrons. The molecule has 5 nitrogen and oxygen atoms in total. The maximum absolute atomic E-state index is 11.5. The molecular formula is C12H24N2O3. The van der Waals surface area contributed by atoms with Crippen LogP contribution in [0, 0.1) is 5.92 Å². The van der Waals surface area contributed by atoms with Gasteiger partial charge in [0.1, 0.15) is 0 Å². The molecule has 1 heterocycles. The number of nitrogens with zero attached hydrogens (tertiary/aromatic N) is 1. The Hall–Kier alpha value is -0.810. The van der Waals surface area contributed by atoms with Gasteiger partial charge in [-0.05, 0) is 39.0 Å². The standard InChI is InChI=1S/C12H24N2O3/c1-3-17-11(16)14-6-4-10(5-7-14)8-12(2,13)9-15/h10,15H,3-9,13H2,1-2H3. The van der Waals surface area contributed by atoms with Gasteiger partial charge in [0.05, 0.1) is 13.2 Å². The Kier molecular flexibility index (Phi) is 5.21. The molecule has 0 aromatic heterocycles. The predicted molar refractivity (Wildman–Crippen MR) is 65.6 cm³/mol. The van der Waals surface area contributed by atoms with E-state index in [2.05, 4.69) is 0 Å². The third-order valence-electron chi connectivity index (χ3n) is 3.26. The third-order valence-corrected chi connectivity index (χ3v) is 3.26. The topological polar surface area (TPSA) is 75.8 Å². The van der Waals surface area contributed by atoms with Gasteiger partial charge in [-0.15, -0.1) is 0 Å².